The van der Waals surface area contributed by atoms with Gasteiger partial charge in [0, 0.05) is 11.6 Å². The fourth-order valence-electron chi connectivity index (χ4n) is 2.82. The number of benzene rings is 1. The Morgan fingerprint density at radius 3 is 2.89 bits per heavy atom. The van der Waals surface area contributed by atoms with Crippen molar-refractivity contribution in [1.82, 2.24) is 0 Å². The highest BCUT2D eigenvalue weighted by molar-refractivity contribution is 6.05. The van der Waals surface area contributed by atoms with Crippen LogP contribution in [-0.2, 0) is 0 Å². The van der Waals surface area contributed by atoms with Crippen molar-refractivity contribution in [3.8, 4) is 11.5 Å². The molecule has 1 fully saturated rings. The van der Waals surface area contributed by atoms with Crippen molar-refractivity contribution < 1.29 is 14.7 Å². The highest BCUT2D eigenvalue weighted by Gasteiger charge is 2.21. The third-order valence-electron chi connectivity index (χ3n) is 3.96. The summed E-state index contributed by atoms with van der Waals surface area (Å²) >= 11 is 0. The fourth-order valence-corrected chi connectivity index (χ4v) is 2.82. The number of oxime groups is 1. The summed E-state index contributed by atoms with van der Waals surface area (Å²) in [5.74, 6) is 2.27. The Balaban J connectivity index is 1.63. The molecular formula is C15H19NO3. The normalized spacial score (nSPS) is 21.2. The van der Waals surface area contributed by atoms with Crippen LogP contribution in [0.2, 0.25) is 0 Å². The van der Waals surface area contributed by atoms with E-state index in [0.717, 1.165) is 23.7 Å². The van der Waals surface area contributed by atoms with Gasteiger partial charge in [-0.2, -0.15) is 0 Å². The third-order valence-corrected chi connectivity index (χ3v) is 3.96. The average molecular weight is 261 g/mol. The molecule has 1 aromatic carbocycles. The fraction of sp³-hybridized carbons (Fsp3) is 0.533. The van der Waals surface area contributed by atoms with E-state index in [1.165, 1.54) is 32.1 Å². The van der Waals surface area contributed by atoms with Crippen LogP contribution in [-0.4, -0.2) is 24.1 Å². The van der Waals surface area contributed by atoms with Gasteiger partial charge >= 0.3 is 0 Å². The molecule has 0 aromatic heterocycles. The second kappa shape index (κ2) is 5.51. The van der Waals surface area contributed by atoms with Crippen LogP contribution in [0.1, 0.15) is 37.7 Å². The molecule has 3 rings (SSSR count). The number of ether oxygens (including phenoxy) is 2. The van der Waals surface area contributed by atoms with E-state index < -0.39 is 0 Å². The maximum absolute atomic E-state index is 8.83. The Kier molecular flexibility index (Phi) is 3.58. The van der Waals surface area contributed by atoms with Crippen molar-refractivity contribution in [2.24, 2.45) is 11.1 Å². The van der Waals surface area contributed by atoms with E-state index in [0.29, 0.717) is 18.2 Å². The summed E-state index contributed by atoms with van der Waals surface area (Å²) in [6.07, 6.45) is 6.59. The van der Waals surface area contributed by atoms with Gasteiger partial charge in [-0.15, -0.1) is 0 Å². The maximum atomic E-state index is 8.83. The molecule has 0 radical (unpaired) electrons. The SMILES string of the molecule is O/N=C1\COc2cc(OCC3CCCCC3)ccc21. The molecular weight excluding hydrogens is 242 g/mol. The standard InChI is InChI=1S/C15H19NO3/c17-16-14-10-19-15-8-12(6-7-13(14)15)18-9-11-4-2-1-3-5-11/h6-8,11,17H,1-5,9-10H2/b16-14+. The van der Waals surface area contributed by atoms with Crippen molar-refractivity contribution in [1.29, 1.82) is 0 Å². The van der Waals surface area contributed by atoms with Gasteiger partial charge in [-0.05, 0) is 30.9 Å². The Hall–Kier alpha value is -1.71. The van der Waals surface area contributed by atoms with Crippen LogP contribution in [0, 0.1) is 5.92 Å². The number of hydrogen-bond donors (Lipinski definition) is 1. The zero-order chi connectivity index (χ0) is 13.1. The minimum absolute atomic E-state index is 0.331. The zero-order valence-corrected chi connectivity index (χ0v) is 11.0. The molecule has 2 aliphatic rings. The first-order chi connectivity index (χ1) is 9.36. The van der Waals surface area contributed by atoms with E-state index in [1.807, 2.05) is 18.2 Å². The molecule has 0 unspecified atom stereocenters. The largest absolute Gasteiger partial charge is 0.493 e. The van der Waals surface area contributed by atoms with Gasteiger partial charge in [-0.1, -0.05) is 24.4 Å². The molecule has 1 N–H and O–H groups in total. The number of nitrogens with zero attached hydrogens (tertiary/aromatic N) is 1. The molecule has 0 atom stereocenters. The van der Waals surface area contributed by atoms with Crippen LogP contribution in [0.15, 0.2) is 23.4 Å². The molecule has 4 nitrogen and oxygen atoms in total. The molecule has 1 aromatic rings. The molecule has 1 aliphatic carbocycles. The first-order valence-corrected chi connectivity index (χ1v) is 6.98. The highest BCUT2D eigenvalue weighted by atomic mass is 16.5. The first kappa shape index (κ1) is 12.3. The van der Waals surface area contributed by atoms with Gasteiger partial charge in [0.2, 0.25) is 0 Å². The lowest BCUT2D eigenvalue weighted by atomic mass is 9.90. The van der Waals surface area contributed by atoms with Crippen molar-refractivity contribution in [3.05, 3.63) is 23.8 Å². The average Bonchev–Trinajstić information content (AvgIpc) is 2.88. The summed E-state index contributed by atoms with van der Waals surface area (Å²) in [4.78, 5) is 0. The van der Waals surface area contributed by atoms with Crippen molar-refractivity contribution >= 4 is 5.71 Å². The molecule has 102 valence electrons. The Bertz CT molecular complexity index is 478. The molecule has 0 bridgehead atoms. The zero-order valence-electron chi connectivity index (χ0n) is 11.0. The van der Waals surface area contributed by atoms with Gasteiger partial charge in [0.05, 0.1) is 6.61 Å². The van der Waals surface area contributed by atoms with Crippen LogP contribution < -0.4 is 9.47 Å². The minimum Gasteiger partial charge on any atom is -0.493 e. The van der Waals surface area contributed by atoms with E-state index in [-0.39, 0.29) is 0 Å². The molecule has 4 heteroatoms. The number of fused-ring (bicyclic) bond motifs is 1. The number of hydrogen-bond acceptors (Lipinski definition) is 4. The van der Waals surface area contributed by atoms with Gasteiger partial charge in [0.15, 0.2) is 0 Å². The summed E-state index contributed by atoms with van der Waals surface area (Å²) in [6.45, 7) is 1.12. The van der Waals surface area contributed by atoms with E-state index in [4.69, 9.17) is 14.7 Å². The minimum atomic E-state index is 0.331. The van der Waals surface area contributed by atoms with Crippen LogP contribution in [0.25, 0.3) is 0 Å². The van der Waals surface area contributed by atoms with Gasteiger partial charge in [0.25, 0.3) is 0 Å². The van der Waals surface area contributed by atoms with Crippen molar-refractivity contribution in [2.75, 3.05) is 13.2 Å². The molecule has 1 heterocycles. The van der Waals surface area contributed by atoms with E-state index in [2.05, 4.69) is 5.16 Å². The molecule has 0 spiro atoms. The summed E-state index contributed by atoms with van der Waals surface area (Å²) < 4.78 is 11.3. The summed E-state index contributed by atoms with van der Waals surface area (Å²) in [7, 11) is 0. The smallest absolute Gasteiger partial charge is 0.134 e. The Labute approximate surface area is 113 Å². The van der Waals surface area contributed by atoms with Crippen molar-refractivity contribution in [2.45, 2.75) is 32.1 Å². The van der Waals surface area contributed by atoms with Crippen LogP contribution in [0.4, 0.5) is 0 Å². The lowest BCUT2D eigenvalue weighted by Gasteiger charge is -2.21. The van der Waals surface area contributed by atoms with Gasteiger partial charge in [0.1, 0.15) is 23.8 Å². The van der Waals surface area contributed by atoms with Gasteiger partial charge in [-0.3, -0.25) is 0 Å². The Morgan fingerprint density at radius 2 is 2.11 bits per heavy atom. The summed E-state index contributed by atoms with van der Waals surface area (Å²) in [5, 5.41) is 12.1. The van der Waals surface area contributed by atoms with E-state index >= 15 is 0 Å². The predicted molar refractivity (Wildman–Crippen MR) is 72.3 cm³/mol. The van der Waals surface area contributed by atoms with Crippen LogP contribution in [0.3, 0.4) is 0 Å². The van der Waals surface area contributed by atoms with Gasteiger partial charge < -0.3 is 14.7 Å². The highest BCUT2D eigenvalue weighted by Crippen LogP contribution is 2.31. The number of rotatable bonds is 3. The molecule has 1 aliphatic heterocycles. The quantitative estimate of drug-likeness (QED) is 0.671. The third kappa shape index (κ3) is 2.67. The second-order valence-electron chi connectivity index (χ2n) is 5.31. The molecule has 0 amide bonds. The molecule has 19 heavy (non-hydrogen) atoms. The lowest BCUT2D eigenvalue weighted by molar-refractivity contribution is 0.208. The molecule has 0 saturated heterocycles. The van der Waals surface area contributed by atoms with Crippen LogP contribution in [0.5, 0.6) is 11.5 Å². The lowest BCUT2D eigenvalue weighted by Crippen LogP contribution is -2.15. The first-order valence-electron chi connectivity index (χ1n) is 6.98. The van der Waals surface area contributed by atoms with E-state index in [9.17, 15) is 0 Å². The van der Waals surface area contributed by atoms with Crippen molar-refractivity contribution in [3.63, 3.8) is 0 Å². The summed E-state index contributed by atoms with van der Waals surface area (Å²) in [5.41, 5.74) is 1.43. The Morgan fingerprint density at radius 1 is 1.26 bits per heavy atom. The second-order valence-corrected chi connectivity index (χ2v) is 5.31. The summed E-state index contributed by atoms with van der Waals surface area (Å²) in [6, 6.07) is 5.70. The molecule has 1 saturated carbocycles. The van der Waals surface area contributed by atoms with E-state index in [1.54, 1.807) is 0 Å². The van der Waals surface area contributed by atoms with Gasteiger partial charge in [-0.25, -0.2) is 0 Å². The predicted octanol–water partition coefficient (Wildman–Crippen LogP) is 3.22. The monoisotopic (exact) mass is 261 g/mol. The maximum Gasteiger partial charge on any atom is 0.134 e. The topological polar surface area (TPSA) is 51.1 Å². The van der Waals surface area contributed by atoms with Crippen LogP contribution >= 0.6 is 0 Å².